The minimum absolute atomic E-state index is 0.989. The number of piperazine rings is 1. The normalized spacial score (nSPS) is 15.1. The van der Waals surface area contributed by atoms with E-state index in [0.717, 1.165) is 42.0 Å². The van der Waals surface area contributed by atoms with Gasteiger partial charge in [0.1, 0.15) is 0 Å². The quantitative estimate of drug-likeness (QED) is 0.400. The molecule has 4 nitrogen and oxygen atoms in total. The first kappa shape index (κ1) is 18.2. The van der Waals surface area contributed by atoms with E-state index < -0.39 is 0 Å². The molecule has 0 spiro atoms. The molecule has 1 saturated heterocycles. The van der Waals surface area contributed by atoms with Gasteiger partial charge in [0, 0.05) is 31.1 Å². The van der Waals surface area contributed by atoms with Gasteiger partial charge < -0.3 is 9.80 Å². The Morgan fingerprint density at radius 2 is 1.54 bits per heavy atom. The van der Waals surface area contributed by atoms with Gasteiger partial charge in [-0.15, -0.1) is 11.8 Å². The number of aromatic nitrogens is 2. The second-order valence-electron chi connectivity index (χ2n) is 7.18. The molecule has 4 aromatic rings. The zero-order valence-corrected chi connectivity index (χ0v) is 18.7. The number of rotatable bonds is 3. The number of thioether (sulfide) groups is 1. The number of hydrogen-bond acceptors (Lipinski definition) is 7. The molecule has 0 bridgehead atoms. The molecule has 2 aromatic carbocycles. The predicted molar refractivity (Wildman–Crippen MR) is 125 cm³/mol. The summed E-state index contributed by atoms with van der Waals surface area (Å²) in [5.41, 5.74) is 4.86. The van der Waals surface area contributed by atoms with Crippen molar-refractivity contribution >= 4 is 65.1 Å². The molecule has 0 saturated carbocycles. The summed E-state index contributed by atoms with van der Waals surface area (Å²) in [4.78, 5) is 16.0. The zero-order valence-electron chi connectivity index (χ0n) is 16.2. The largest absolute Gasteiger partial charge is 0.345 e. The third kappa shape index (κ3) is 3.15. The Morgan fingerprint density at radius 3 is 2.21 bits per heavy atom. The highest BCUT2D eigenvalue weighted by Crippen LogP contribution is 2.35. The SMILES string of the molecule is CSc1ccc2nc(N3CCN(c4nc5c(C)ccc(C)c5s4)CC3)sc2c1. The first-order valence-corrected chi connectivity index (χ1v) is 12.3. The summed E-state index contributed by atoms with van der Waals surface area (Å²) < 4.78 is 2.61. The van der Waals surface area contributed by atoms with Crippen LogP contribution in [0.2, 0.25) is 0 Å². The number of nitrogens with zero attached hydrogens (tertiary/aromatic N) is 4. The van der Waals surface area contributed by atoms with E-state index >= 15 is 0 Å². The van der Waals surface area contributed by atoms with Crippen molar-refractivity contribution in [1.82, 2.24) is 9.97 Å². The maximum atomic E-state index is 4.96. The average Bonchev–Trinajstić information content (AvgIpc) is 3.35. The topological polar surface area (TPSA) is 32.3 Å². The molecule has 7 heteroatoms. The number of fused-ring (bicyclic) bond motifs is 2. The van der Waals surface area contributed by atoms with Gasteiger partial charge in [-0.1, -0.05) is 34.8 Å². The van der Waals surface area contributed by atoms with Crippen LogP contribution in [0.25, 0.3) is 20.4 Å². The zero-order chi connectivity index (χ0) is 19.3. The highest BCUT2D eigenvalue weighted by atomic mass is 32.2. The van der Waals surface area contributed by atoms with Gasteiger partial charge in [-0.05, 0) is 49.4 Å². The summed E-state index contributed by atoms with van der Waals surface area (Å²) in [5, 5.41) is 2.30. The molecule has 144 valence electrons. The van der Waals surface area contributed by atoms with Gasteiger partial charge in [-0.3, -0.25) is 0 Å². The lowest BCUT2D eigenvalue weighted by Gasteiger charge is -2.34. The van der Waals surface area contributed by atoms with E-state index in [1.165, 1.54) is 30.9 Å². The molecule has 28 heavy (non-hydrogen) atoms. The summed E-state index contributed by atoms with van der Waals surface area (Å²) in [6.45, 7) is 8.29. The van der Waals surface area contributed by atoms with Crippen molar-refractivity contribution < 1.29 is 0 Å². The fraction of sp³-hybridized carbons (Fsp3) is 0.333. The Kier molecular flexibility index (Phi) is 4.69. The lowest BCUT2D eigenvalue weighted by Crippen LogP contribution is -2.46. The van der Waals surface area contributed by atoms with E-state index in [1.807, 2.05) is 22.7 Å². The molecule has 0 radical (unpaired) electrons. The smallest absolute Gasteiger partial charge is 0.186 e. The van der Waals surface area contributed by atoms with Crippen molar-refractivity contribution in [3.63, 3.8) is 0 Å². The minimum Gasteiger partial charge on any atom is -0.345 e. The summed E-state index contributed by atoms with van der Waals surface area (Å²) in [6.07, 6.45) is 2.12. The maximum absolute atomic E-state index is 4.96. The van der Waals surface area contributed by atoms with Crippen LogP contribution in [0.3, 0.4) is 0 Å². The highest BCUT2D eigenvalue weighted by Gasteiger charge is 2.22. The molecule has 5 rings (SSSR count). The lowest BCUT2D eigenvalue weighted by molar-refractivity contribution is 0.651. The van der Waals surface area contributed by atoms with Crippen molar-refractivity contribution in [3.8, 4) is 0 Å². The number of hydrogen-bond donors (Lipinski definition) is 0. The van der Waals surface area contributed by atoms with Crippen LogP contribution in [0.15, 0.2) is 35.2 Å². The molecule has 0 aliphatic carbocycles. The summed E-state index contributed by atoms with van der Waals surface area (Å²) >= 11 is 5.42. The third-order valence-corrected chi connectivity index (χ3v) is 8.39. The van der Waals surface area contributed by atoms with Crippen LogP contribution in [0.5, 0.6) is 0 Å². The van der Waals surface area contributed by atoms with Crippen LogP contribution in [0.1, 0.15) is 11.1 Å². The third-order valence-electron chi connectivity index (χ3n) is 5.34. The van der Waals surface area contributed by atoms with Gasteiger partial charge in [0.25, 0.3) is 0 Å². The van der Waals surface area contributed by atoms with Crippen LogP contribution >= 0.6 is 34.4 Å². The molecule has 3 heterocycles. The molecule has 2 aromatic heterocycles. The number of benzene rings is 2. The molecule has 0 amide bonds. The van der Waals surface area contributed by atoms with Gasteiger partial charge in [0.2, 0.25) is 0 Å². The van der Waals surface area contributed by atoms with E-state index in [4.69, 9.17) is 9.97 Å². The Hall–Kier alpha value is -1.83. The average molecular weight is 427 g/mol. The van der Waals surface area contributed by atoms with E-state index in [0.29, 0.717) is 0 Å². The Balaban J connectivity index is 1.35. The highest BCUT2D eigenvalue weighted by molar-refractivity contribution is 7.98. The predicted octanol–water partition coefficient (Wildman–Crippen LogP) is 5.57. The van der Waals surface area contributed by atoms with Crippen LogP contribution in [-0.2, 0) is 0 Å². The minimum atomic E-state index is 0.989. The molecule has 1 fully saturated rings. The van der Waals surface area contributed by atoms with E-state index in [2.05, 4.69) is 60.2 Å². The van der Waals surface area contributed by atoms with Crippen LogP contribution in [0, 0.1) is 13.8 Å². The van der Waals surface area contributed by atoms with Gasteiger partial charge in [-0.25, -0.2) is 9.97 Å². The fourth-order valence-electron chi connectivity index (χ4n) is 3.63. The molecule has 1 aliphatic rings. The molecule has 0 N–H and O–H groups in total. The molecule has 0 unspecified atom stereocenters. The molecular weight excluding hydrogens is 404 g/mol. The fourth-order valence-corrected chi connectivity index (χ4v) is 6.36. The molecule has 1 aliphatic heterocycles. The number of anilines is 2. The van der Waals surface area contributed by atoms with Crippen molar-refractivity contribution in [2.45, 2.75) is 18.7 Å². The summed E-state index contributed by atoms with van der Waals surface area (Å²) in [6, 6.07) is 10.9. The van der Waals surface area contributed by atoms with E-state index in [9.17, 15) is 0 Å². The van der Waals surface area contributed by atoms with Crippen molar-refractivity contribution in [2.24, 2.45) is 0 Å². The van der Waals surface area contributed by atoms with Crippen molar-refractivity contribution in [1.29, 1.82) is 0 Å². The monoisotopic (exact) mass is 426 g/mol. The first-order valence-electron chi connectivity index (χ1n) is 9.43. The van der Waals surface area contributed by atoms with Crippen LogP contribution in [-0.4, -0.2) is 42.4 Å². The number of aryl methyl sites for hydroxylation is 2. The van der Waals surface area contributed by atoms with Crippen molar-refractivity contribution in [3.05, 3.63) is 41.5 Å². The Labute approximate surface area is 177 Å². The van der Waals surface area contributed by atoms with Crippen LogP contribution < -0.4 is 9.80 Å². The number of thiazole rings is 2. The van der Waals surface area contributed by atoms with Gasteiger partial charge in [-0.2, -0.15) is 0 Å². The second kappa shape index (κ2) is 7.21. The lowest BCUT2D eigenvalue weighted by atomic mass is 10.1. The Bertz CT molecular complexity index is 1120. The Morgan fingerprint density at radius 1 is 0.857 bits per heavy atom. The second-order valence-corrected chi connectivity index (χ2v) is 10.0. The van der Waals surface area contributed by atoms with Gasteiger partial charge in [0.05, 0.1) is 20.4 Å². The van der Waals surface area contributed by atoms with Gasteiger partial charge >= 0.3 is 0 Å². The molecule has 0 atom stereocenters. The summed E-state index contributed by atoms with van der Waals surface area (Å²) in [7, 11) is 0. The van der Waals surface area contributed by atoms with Crippen molar-refractivity contribution in [2.75, 3.05) is 42.2 Å². The first-order chi connectivity index (χ1) is 13.6. The standard InChI is InChI=1S/C21H22N4S3/c1-13-4-5-14(2)19-18(13)23-21(28-19)25-10-8-24(9-11-25)20-22-16-7-6-15(26-3)12-17(16)27-20/h4-7,12H,8-11H2,1-3H3. The van der Waals surface area contributed by atoms with Gasteiger partial charge in [0.15, 0.2) is 10.3 Å². The maximum Gasteiger partial charge on any atom is 0.186 e. The van der Waals surface area contributed by atoms with E-state index in [1.54, 1.807) is 11.8 Å². The summed E-state index contributed by atoms with van der Waals surface area (Å²) in [5.74, 6) is 0. The van der Waals surface area contributed by atoms with Crippen LogP contribution in [0.4, 0.5) is 10.3 Å². The van der Waals surface area contributed by atoms with E-state index in [-0.39, 0.29) is 0 Å². The molecular formula is C21H22N4S3.